The van der Waals surface area contributed by atoms with Gasteiger partial charge in [0.25, 0.3) is 0 Å². The zero-order valence-electron chi connectivity index (χ0n) is 40.0. The minimum Gasteiger partial charge on any atom is -0.334 e. The summed E-state index contributed by atoms with van der Waals surface area (Å²) in [5, 5.41) is 7.30. The average molecular weight is 923 g/mol. The SMILES string of the molecule is CC1C=C(c2cc(-c3c4ccccc4nc4ccccc34)ccc2-n2c3ccccc3c3cc(-c4ccc5c(c4)c4ccccc4n5C4=CCC(N(c5ccccc5)c5ccccc5)C=C4)ccc32)C=CC1. The van der Waals surface area contributed by atoms with Crippen molar-refractivity contribution >= 4 is 88.1 Å². The first-order chi connectivity index (χ1) is 35.6. The van der Waals surface area contributed by atoms with Crippen molar-refractivity contribution in [2.45, 2.75) is 25.8 Å². The van der Waals surface area contributed by atoms with Gasteiger partial charge in [-0.25, -0.2) is 4.98 Å². The van der Waals surface area contributed by atoms with Crippen LogP contribution in [-0.4, -0.2) is 20.2 Å². The van der Waals surface area contributed by atoms with Gasteiger partial charge < -0.3 is 14.0 Å². The number of aromatic nitrogens is 3. The summed E-state index contributed by atoms with van der Waals surface area (Å²) in [7, 11) is 0. The van der Waals surface area contributed by atoms with Crippen molar-refractivity contribution in [3.05, 3.63) is 254 Å². The summed E-state index contributed by atoms with van der Waals surface area (Å²) >= 11 is 0. The van der Waals surface area contributed by atoms with Gasteiger partial charge in [0.2, 0.25) is 0 Å². The van der Waals surface area contributed by atoms with Crippen molar-refractivity contribution in [1.82, 2.24) is 14.1 Å². The minimum absolute atomic E-state index is 0.184. The molecule has 2 aliphatic carbocycles. The van der Waals surface area contributed by atoms with E-state index in [1.807, 2.05) is 0 Å². The smallest absolute Gasteiger partial charge is 0.0715 e. The number of para-hydroxylation sites is 6. The molecule has 0 amide bonds. The zero-order valence-corrected chi connectivity index (χ0v) is 40.0. The Labute approximate surface area is 419 Å². The number of hydrogen-bond donors (Lipinski definition) is 0. The Morgan fingerprint density at radius 3 is 1.58 bits per heavy atom. The Balaban J connectivity index is 0.878. The van der Waals surface area contributed by atoms with Gasteiger partial charge in [0, 0.05) is 60.5 Å². The van der Waals surface area contributed by atoms with E-state index in [2.05, 4.69) is 270 Å². The van der Waals surface area contributed by atoms with Crippen LogP contribution < -0.4 is 4.90 Å². The predicted molar refractivity (Wildman–Crippen MR) is 305 cm³/mol. The van der Waals surface area contributed by atoms with Gasteiger partial charge in [0.05, 0.1) is 44.8 Å². The molecule has 0 bridgehead atoms. The van der Waals surface area contributed by atoms with E-state index in [-0.39, 0.29) is 6.04 Å². The van der Waals surface area contributed by atoms with Crippen LogP contribution in [-0.2, 0) is 0 Å². The first kappa shape index (κ1) is 41.9. The number of pyridine rings is 1. The Morgan fingerprint density at radius 2 is 0.986 bits per heavy atom. The van der Waals surface area contributed by atoms with Crippen molar-refractivity contribution in [3.8, 4) is 27.9 Å². The van der Waals surface area contributed by atoms with Gasteiger partial charge in [-0.3, -0.25) is 0 Å². The van der Waals surface area contributed by atoms with E-state index in [4.69, 9.17) is 4.98 Å². The van der Waals surface area contributed by atoms with E-state index < -0.39 is 0 Å². The summed E-state index contributed by atoms with van der Waals surface area (Å²) < 4.78 is 4.95. The van der Waals surface area contributed by atoms with Gasteiger partial charge in [-0.1, -0.05) is 165 Å². The van der Waals surface area contributed by atoms with Gasteiger partial charge in [-0.2, -0.15) is 0 Å². The molecule has 72 heavy (non-hydrogen) atoms. The van der Waals surface area contributed by atoms with Gasteiger partial charge in [0.1, 0.15) is 0 Å². The highest BCUT2D eigenvalue weighted by atomic mass is 15.2. The minimum atomic E-state index is 0.184. The third-order valence-electron chi connectivity index (χ3n) is 15.1. The molecular formula is C68H50N4. The predicted octanol–water partition coefficient (Wildman–Crippen LogP) is 17.9. The Morgan fingerprint density at radius 1 is 0.458 bits per heavy atom. The fraction of sp³-hybridized carbons (Fsp3) is 0.0735. The quantitative estimate of drug-likeness (QED) is 0.142. The van der Waals surface area contributed by atoms with Gasteiger partial charge >= 0.3 is 0 Å². The summed E-state index contributed by atoms with van der Waals surface area (Å²) in [5.74, 6) is 0.440. The Kier molecular flexibility index (Phi) is 9.99. The number of hydrogen-bond acceptors (Lipinski definition) is 2. The van der Waals surface area contributed by atoms with Crippen LogP contribution in [0.1, 0.15) is 25.3 Å². The van der Waals surface area contributed by atoms with Crippen LogP contribution in [0.15, 0.2) is 249 Å². The van der Waals surface area contributed by atoms with Gasteiger partial charge in [0.15, 0.2) is 0 Å². The second kappa shape index (κ2) is 17.2. The van der Waals surface area contributed by atoms with Crippen LogP contribution in [0.2, 0.25) is 0 Å². The van der Waals surface area contributed by atoms with E-state index in [0.29, 0.717) is 5.92 Å². The van der Waals surface area contributed by atoms with E-state index in [1.165, 1.54) is 99.8 Å². The highest BCUT2D eigenvalue weighted by molar-refractivity contribution is 6.14. The molecule has 342 valence electrons. The monoisotopic (exact) mass is 922 g/mol. The third kappa shape index (κ3) is 6.93. The van der Waals surface area contributed by atoms with E-state index in [0.717, 1.165) is 34.6 Å². The summed E-state index contributed by atoms with van der Waals surface area (Å²) in [6.45, 7) is 2.32. The fourth-order valence-electron chi connectivity index (χ4n) is 11.8. The molecule has 9 aromatic carbocycles. The summed E-state index contributed by atoms with van der Waals surface area (Å²) in [6, 6.07) is 77.8. The molecule has 2 unspecified atom stereocenters. The molecule has 2 aliphatic rings. The molecule has 0 N–H and O–H groups in total. The molecule has 4 nitrogen and oxygen atoms in total. The normalized spacial score (nSPS) is 15.8. The molecule has 0 saturated heterocycles. The van der Waals surface area contributed by atoms with Crippen LogP contribution >= 0.6 is 0 Å². The first-order valence-electron chi connectivity index (χ1n) is 25.3. The van der Waals surface area contributed by atoms with Crippen LogP contribution in [0, 0.1) is 5.92 Å². The highest BCUT2D eigenvalue weighted by Crippen LogP contribution is 2.43. The van der Waals surface area contributed by atoms with Crippen molar-refractivity contribution < 1.29 is 0 Å². The molecule has 4 heteroatoms. The summed E-state index contributed by atoms with van der Waals surface area (Å²) in [6.07, 6.45) is 16.2. The lowest BCUT2D eigenvalue weighted by Crippen LogP contribution is -2.30. The molecule has 2 atom stereocenters. The maximum Gasteiger partial charge on any atom is 0.0715 e. The molecule has 0 fully saturated rings. The van der Waals surface area contributed by atoms with E-state index in [1.54, 1.807) is 0 Å². The van der Waals surface area contributed by atoms with Gasteiger partial charge in [-0.05, 0) is 132 Å². The Bertz CT molecular complexity index is 4150. The van der Waals surface area contributed by atoms with Crippen LogP contribution in [0.5, 0.6) is 0 Å². The van der Waals surface area contributed by atoms with Gasteiger partial charge in [-0.15, -0.1) is 0 Å². The van der Waals surface area contributed by atoms with Crippen molar-refractivity contribution in [1.29, 1.82) is 0 Å². The fourth-order valence-corrected chi connectivity index (χ4v) is 11.8. The van der Waals surface area contributed by atoms with E-state index >= 15 is 0 Å². The second-order valence-electron chi connectivity index (χ2n) is 19.5. The maximum absolute atomic E-state index is 5.08. The highest BCUT2D eigenvalue weighted by Gasteiger charge is 2.24. The molecule has 3 aromatic heterocycles. The van der Waals surface area contributed by atoms with Crippen molar-refractivity contribution in [3.63, 3.8) is 0 Å². The first-order valence-corrected chi connectivity index (χ1v) is 25.3. The maximum atomic E-state index is 5.08. The number of rotatable bonds is 8. The summed E-state index contributed by atoms with van der Waals surface area (Å²) in [4.78, 5) is 7.53. The van der Waals surface area contributed by atoms with Crippen LogP contribution in [0.4, 0.5) is 11.4 Å². The van der Waals surface area contributed by atoms with E-state index in [9.17, 15) is 0 Å². The summed E-state index contributed by atoms with van der Waals surface area (Å²) in [5.41, 5.74) is 18.8. The molecule has 0 aliphatic heterocycles. The lowest BCUT2D eigenvalue weighted by molar-refractivity contribution is 0.740. The molecule has 0 saturated carbocycles. The topological polar surface area (TPSA) is 26.0 Å². The Hall–Kier alpha value is -8.99. The van der Waals surface area contributed by atoms with Crippen LogP contribution in [0.3, 0.4) is 0 Å². The molecule has 14 rings (SSSR count). The average Bonchev–Trinajstić information content (AvgIpc) is 3.95. The standard InChI is InChI=1S/C68H50N4/c1-45-17-16-18-48(41-45)58-44-49(68-56-25-8-12-27-61(56)69-62-28-13-9-26-57(62)68)33-40-65(58)72-64-30-15-11-24-55(64)60-43-47(32-39-67(60)72)46-31-38-66-59(42-46)54-23-10-14-29-63(54)71(66)53-36-34-52(35-37-53)70(50-19-4-2-5-20-50)51-21-6-3-7-22-51/h2-16,18-34,36-45,52H,17,35H2,1H3. The zero-order chi connectivity index (χ0) is 47.7. The molecular weight excluding hydrogens is 873 g/mol. The van der Waals surface area contributed by atoms with Crippen LogP contribution in [0.25, 0.3) is 105 Å². The molecule has 0 spiro atoms. The lowest BCUT2D eigenvalue weighted by atomic mass is 9.89. The number of benzene rings is 9. The van der Waals surface area contributed by atoms with Crippen molar-refractivity contribution in [2.24, 2.45) is 5.92 Å². The third-order valence-corrected chi connectivity index (χ3v) is 15.1. The number of nitrogens with zero attached hydrogens (tertiary/aromatic N) is 4. The number of allylic oxidation sites excluding steroid dienone is 6. The van der Waals surface area contributed by atoms with Crippen molar-refractivity contribution in [2.75, 3.05) is 4.90 Å². The number of fused-ring (bicyclic) bond motifs is 8. The largest absolute Gasteiger partial charge is 0.334 e. The number of anilines is 2. The molecule has 12 aromatic rings. The lowest BCUT2D eigenvalue weighted by Gasteiger charge is -2.33. The molecule has 3 heterocycles. The molecule has 0 radical (unpaired) electrons. The second-order valence-corrected chi connectivity index (χ2v) is 19.5.